The van der Waals surface area contributed by atoms with Crippen molar-refractivity contribution in [2.24, 2.45) is 11.8 Å². The topological polar surface area (TPSA) is 197 Å². The van der Waals surface area contributed by atoms with Crippen molar-refractivity contribution in [3.8, 4) is 34.5 Å². The van der Waals surface area contributed by atoms with Gasteiger partial charge < -0.3 is 64.2 Å². The summed E-state index contributed by atoms with van der Waals surface area (Å²) in [6, 6.07) is 4.88. The highest BCUT2D eigenvalue weighted by molar-refractivity contribution is 5.64. The zero-order valence-electron chi connectivity index (χ0n) is 23.3. The number of benzene rings is 2. The molecule has 1 saturated heterocycles. The highest BCUT2D eigenvalue weighted by atomic mass is 16.7. The Labute approximate surface area is 237 Å². The van der Waals surface area contributed by atoms with Crippen LogP contribution in [0.25, 0.3) is 0 Å². The predicted molar refractivity (Wildman–Crippen MR) is 142 cm³/mol. The molecule has 0 spiro atoms. The Bertz CT molecular complexity index is 1180. The number of hydrogen-bond donors (Lipinski definition) is 7. The highest BCUT2D eigenvalue weighted by Crippen LogP contribution is 2.54. The van der Waals surface area contributed by atoms with Gasteiger partial charge >= 0.3 is 0 Å². The molecule has 0 bridgehead atoms. The van der Waals surface area contributed by atoms with Gasteiger partial charge in [-0.15, -0.1) is 0 Å². The van der Waals surface area contributed by atoms with Crippen LogP contribution in [0.4, 0.5) is 0 Å². The Hall–Kier alpha value is -3.04. The fourth-order valence-corrected chi connectivity index (χ4v) is 5.83. The molecule has 0 saturated carbocycles. The van der Waals surface area contributed by atoms with Gasteiger partial charge in [-0.2, -0.15) is 0 Å². The van der Waals surface area contributed by atoms with E-state index in [-0.39, 0.29) is 47.7 Å². The van der Waals surface area contributed by atoms with Crippen LogP contribution in [0.3, 0.4) is 0 Å². The molecule has 13 nitrogen and oxygen atoms in total. The van der Waals surface area contributed by atoms with Crippen LogP contribution in [0, 0.1) is 11.8 Å². The first-order valence-corrected chi connectivity index (χ1v) is 13.1. The Balaban J connectivity index is 1.85. The lowest BCUT2D eigenvalue weighted by molar-refractivity contribution is -0.304. The summed E-state index contributed by atoms with van der Waals surface area (Å²) < 4.78 is 33.3. The molecular weight excluding hydrogens is 544 g/mol. The van der Waals surface area contributed by atoms with Crippen LogP contribution in [0.1, 0.15) is 22.6 Å². The third-order valence-corrected chi connectivity index (χ3v) is 7.99. The number of fused-ring (bicyclic) bond motifs is 1. The van der Waals surface area contributed by atoms with Gasteiger partial charge in [-0.25, -0.2) is 0 Å². The van der Waals surface area contributed by atoms with E-state index in [2.05, 4.69) is 0 Å². The van der Waals surface area contributed by atoms with E-state index in [0.29, 0.717) is 17.5 Å². The van der Waals surface area contributed by atoms with Crippen molar-refractivity contribution in [1.29, 1.82) is 0 Å². The zero-order chi connectivity index (χ0) is 30.0. The molecule has 8 atom stereocenters. The first-order chi connectivity index (χ1) is 19.6. The van der Waals surface area contributed by atoms with E-state index in [4.69, 9.17) is 28.4 Å². The predicted octanol–water partition coefficient (Wildman–Crippen LogP) is -0.139. The quantitative estimate of drug-likeness (QED) is 0.196. The van der Waals surface area contributed by atoms with Crippen molar-refractivity contribution in [2.75, 3.05) is 48.3 Å². The van der Waals surface area contributed by atoms with Crippen molar-refractivity contribution in [2.45, 2.75) is 43.0 Å². The van der Waals surface area contributed by atoms with E-state index in [1.807, 2.05) is 0 Å². The van der Waals surface area contributed by atoms with Crippen LogP contribution in [-0.4, -0.2) is 115 Å². The maximum Gasteiger partial charge on any atom is 0.201 e. The number of aliphatic hydroxyl groups is 5. The number of hydrogen-bond acceptors (Lipinski definition) is 13. The third-order valence-electron chi connectivity index (χ3n) is 7.99. The Kier molecular flexibility index (Phi) is 9.70. The number of phenols is 2. The largest absolute Gasteiger partial charge is 0.502 e. The number of rotatable bonds is 10. The molecule has 2 aromatic carbocycles. The monoisotopic (exact) mass is 582 g/mol. The summed E-state index contributed by atoms with van der Waals surface area (Å²) in [6.07, 6.45) is -7.02. The van der Waals surface area contributed by atoms with Crippen molar-refractivity contribution in [3.63, 3.8) is 0 Å². The van der Waals surface area contributed by atoms with Gasteiger partial charge in [0, 0.05) is 18.1 Å². The van der Waals surface area contributed by atoms with Crippen molar-refractivity contribution >= 4 is 0 Å². The molecule has 2 aromatic rings. The third kappa shape index (κ3) is 5.58. The second-order valence-electron chi connectivity index (χ2n) is 10.1. The molecule has 228 valence electrons. The average Bonchev–Trinajstić information content (AvgIpc) is 2.98. The van der Waals surface area contributed by atoms with Crippen molar-refractivity contribution < 1.29 is 64.2 Å². The molecule has 7 N–H and O–H groups in total. The van der Waals surface area contributed by atoms with Gasteiger partial charge in [0.25, 0.3) is 0 Å². The molecule has 41 heavy (non-hydrogen) atoms. The molecule has 2 aliphatic rings. The summed E-state index contributed by atoms with van der Waals surface area (Å²) in [4.78, 5) is 0. The average molecular weight is 583 g/mol. The van der Waals surface area contributed by atoms with E-state index in [0.717, 1.165) is 5.56 Å². The zero-order valence-corrected chi connectivity index (χ0v) is 23.3. The number of aliphatic hydroxyl groups excluding tert-OH is 5. The van der Waals surface area contributed by atoms with E-state index in [1.165, 1.54) is 28.4 Å². The molecule has 4 rings (SSSR count). The van der Waals surface area contributed by atoms with Gasteiger partial charge in [-0.3, -0.25) is 0 Å². The molecule has 0 amide bonds. The first kappa shape index (κ1) is 30.9. The van der Waals surface area contributed by atoms with Crippen molar-refractivity contribution in [1.82, 2.24) is 0 Å². The molecule has 1 fully saturated rings. The van der Waals surface area contributed by atoms with Gasteiger partial charge in [0.15, 0.2) is 29.3 Å². The van der Waals surface area contributed by atoms with Crippen LogP contribution in [0.2, 0.25) is 0 Å². The van der Waals surface area contributed by atoms with Gasteiger partial charge in [0.1, 0.15) is 24.4 Å². The van der Waals surface area contributed by atoms with Gasteiger partial charge in [0.2, 0.25) is 11.5 Å². The second kappa shape index (κ2) is 12.9. The minimum Gasteiger partial charge on any atom is -0.502 e. The Morgan fingerprint density at radius 2 is 1.39 bits per heavy atom. The lowest BCUT2D eigenvalue weighted by Crippen LogP contribution is -2.59. The molecule has 1 heterocycles. The number of aromatic hydroxyl groups is 2. The van der Waals surface area contributed by atoms with E-state index >= 15 is 0 Å². The fraction of sp³-hybridized carbons (Fsp3) is 0.571. The summed E-state index contributed by atoms with van der Waals surface area (Å²) in [5.74, 6) is -1.51. The van der Waals surface area contributed by atoms with Crippen LogP contribution < -0.4 is 18.9 Å². The molecular formula is C28H38O13. The van der Waals surface area contributed by atoms with Gasteiger partial charge in [0.05, 0.1) is 41.7 Å². The lowest BCUT2D eigenvalue weighted by Gasteiger charge is -2.43. The Morgan fingerprint density at radius 1 is 0.780 bits per heavy atom. The van der Waals surface area contributed by atoms with E-state index < -0.39 is 55.1 Å². The highest BCUT2D eigenvalue weighted by Gasteiger charge is 2.46. The number of phenolic OH excluding ortho intramolecular Hbond substituents is 2. The van der Waals surface area contributed by atoms with E-state index in [9.17, 15) is 35.7 Å². The fourth-order valence-electron chi connectivity index (χ4n) is 5.83. The van der Waals surface area contributed by atoms with Crippen molar-refractivity contribution in [3.05, 3.63) is 34.9 Å². The molecule has 0 radical (unpaired) electrons. The summed E-state index contributed by atoms with van der Waals surface area (Å²) in [5.41, 5.74) is 1.88. The van der Waals surface area contributed by atoms with Gasteiger partial charge in [-0.1, -0.05) is 0 Å². The standard InChI is InChI=1S/C28H38O13/c1-36-16-7-13(8-17(37-2)22(16)31)20-15(11-40-28-26(35)25(34)23(32)19(10-30)41-28)14(9-29)5-12-6-18(38-3)24(33)27(39-4)21(12)20/h6-8,14-15,19-20,23,25-26,28-35H,5,9-11H2,1-4H3/t14-,15+,19?,20?,23-,25?,26+,28-/m1/s1. The van der Waals surface area contributed by atoms with Gasteiger partial charge in [-0.05, 0) is 47.6 Å². The van der Waals surface area contributed by atoms with Crippen LogP contribution in [0.5, 0.6) is 34.5 Å². The maximum atomic E-state index is 11.0. The van der Waals surface area contributed by atoms with E-state index in [1.54, 1.807) is 18.2 Å². The summed E-state index contributed by atoms with van der Waals surface area (Å²) >= 11 is 0. The molecule has 13 heteroatoms. The molecule has 3 unspecified atom stereocenters. The minimum absolute atomic E-state index is 0.123. The molecule has 1 aliphatic heterocycles. The normalized spacial score (nSPS) is 29.5. The Morgan fingerprint density at radius 3 is 1.93 bits per heavy atom. The first-order valence-electron chi connectivity index (χ1n) is 13.1. The molecule has 1 aliphatic carbocycles. The van der Waals surface area contributed by atoms with Crippen LogP contribution in [-0.2, 0) is 15.9 Å². The summed E-state index contributed by atoms with van der Waals surface area (Å²) in [6.45, 7) is -1.02. The smallest absolute Gasteiger partial charge is 0.201 e. The molecule has 0 aromatic heterocycles. The number of methoxy groups -OCH3 is 4. The van der Waals surface area contributed by atoms with Crippen LogP contribution >= 0.6 is 0 Å². The summed E-state index contributed by atoms with van der Waals surface area (Å²) in [5, 5.41) is 72.6. The maximum absolute atomic E-state index is 11.0. The second-order valence-corrected chi connectivity index (χ2v) is 10.1. The SMILES string of the molecule is COc1cc(C2c3c(cc(OC)c(O)c3OC)C[C@H](CO)[C@@H]2CO[C@@H]2OC(CO)[C@@H](O)C(O)[C@@H]2O)cc(OC)c1O. The number of ether oxygens (including phenoxy) is 6. The summed E-state index contributed by atoms with van der Waals surface area (Å²) in [7, 11) is 5.60. The van der Waals surface area contributed by atoms with Crippen LogP contribution in [0.15, 0.2) is 18.2 Å². The lowest BCUT2D eigenvalue weighted by atomic mass is 9.66. The minimum atomic E-state index is -1.63.